The summed E-state index contributed by atoms with van der Waals surface area (Å²) < 4.78 is 29.1. The van der Waals surface area contributed by atoms with Crippen molar-refractivity contribution >= 4 is 54.3 Å². The average molecular weight is 457 g/mol. The number of benzene rings is 1. The first-order valence-corrected chi connectivity index (χ1v) is 11.4. The van der Waals surface area contributed by atoms with E-state index in [2.05, 4.69) is 25.6 Å². The highest BCUT2D eigenvalue weighted by Crippen LogP contribution is 2.37. The van der Waals surface area contributed by atoms with E-state index < -0.39 is 10.0 Å². The molecule has 0 unspecified atom stereocenters. The smallest absolute Gasteiger partial charge is 0.263 e. The Bertz CT molecular complexity index is 1030. The molecule has 132 valence electrons. The number of aryl methyl sites for hydroxylation is 4. The van der Waals surface area contributed by atoms with Gasteiger partial charge in [-0.2, -0.15) is 0 Å². The lowest BCUT2D eigenvalue weighted by molar-refractivity contribution is 0.601. The summed E-state index contributed by atoms with van der Waals surface area (Å²) in [5.74, 6) is 0. The van der Waals surface area contributed by atoms with Crippen LogP contribution in [-0.4, -0.2) is 13.4 Å². The third kappa shape index (κ3) is 3.81. The summed E-state index contributed by atoms with van der Waals surface area (Å²) in [6.07, 6.45) is 0. The third-order valence-electron chi connectivity index (χ3n) is 3.77. The van der Waals surface area contributed by atoms with Crippen molar-refractivity contribution in [2.45, 2.75) is 32.6 Å². The molecular weight excluding hydrogens is 440 g/mol. The van der Waals surface area contributed by atoms with E-state index in [4.69, 9.17) is 0 Å². The molecule has 0 radical (unpaired) electrons. The number of hydrogen-bond acceptors (Lipinski definition) is 5. The molecular formula is C17H17BrN2O2S3. The number of thiazole rings is 1. The van der Waals surface area contributed by atoms with E-state index in [-0.39, 0.29) is 0 Å². The van der Waals surface area contributed by atoms with Gasteiger partial charge in [0.15, 0.2) is 0 Å². The van der Waals surface area contributed by atoms with E-state index >= 15 is 0 Å². The molecule has 2 aromatic heterocycles. The van der Waals surface area contributed by atoms with Crippen molar-refractivity contribution in [2.75, 3.05) is 4.72 Å². The quantitative estimate of drug-likeness (QED) is 0.549. The summed E-state index contributed by atoms with van der Waals surface area (Å²) in [6.45, 7) is 7.76. The first-order chi connectivity index (χ1) is 11.7. The second kappa shape index (κ2) is 6.83. The topological polar surface area (TPSA) is 59.1 Å². The van der Waals surface area contributed by atoms with Crippen LogP contribution in [0.1, 0.15) is 21.0 Å². The third-order valence-corrected chi connectivity index (χ3v) is 8.34. The van der Waals surface area contributed by atoms with Gasteiger partial charge in [-0.15, -0.1) is 22.7 Å². The number of nitrogens with one attached hydrogen (secondary N) is 1. The monoisotopic (exact) mass is 456 g/mol. The van der Waals surface area contributed by atoms with Gasteiger partial charge in [0.1, 0.15) is 9.90 Å². The Morgan fingerprint density at radius 3 is 2.36 bits per heavy atom. The van der Waals surface area contributed by atoms with Crippen LogP contribution in [0.2, 0.25) is 0 Å². The van der Waals surface area contributed by atoms with Gasteiger partial charge in [0, 0.05) is 14.2 Å². The van der Waals surface area contributed by atoms with Gasteiger partial charge in [-0.25, -0.2) is 13.4 Å². The number of thiophene rings is 1. The summed E-state index contributed by atoms with van der Waals surface area (Å²) in [5.41, 5.74) is 2.56. The molecule has 0 spiro atoms. The summed E-state index contributed by atoms with van der Waals surface area (Å²) >= 11 is 6.45. The molecule has 0 saturated carbocycles. The number of hydrogen-bond donors (Lipinski definition) is 1. The van der Waals surface area contributed by atoms with Crippen LogP contribution in [0.5, 0.6) is 0 Å². The Kier molecular flexibility index (Phi) is 5.07. The molecule has 1 aromatic carbocycles. The minimum atomic E-state index is -3.66. The summed E-state index contributed by atoms with van der Waals surface area (Å²) in [5, 5.41) is 0.862. The summed E-state index contributed by atoms with van der Waals surface area (Å²) in [7, 11) is -3.66. The predicted molar refractivity (Wildman–Crippen MR) is 109 cm³/mol. The SMILES string of the molecule is Cc1ccc(NS(=O)(=O)c2cc(-c3nc(C)c(C)s3)sc2C)c(Br)c1. The molecule has 0 saturated heterocycles. The maximum absolute atomic E-state index is 12.8. The molecule has 0 bridgehead atoms. The number of halogens is 1. The van der Waals surface area contributed by atoms with Crippen LogP contribution in [0.4, 0.5) is 5.69 Å². The first kappa shape index (κ1) is 18.6. The molecule has 3 aromatic rings. The minimum absolute atomic E-state index is 0.297. The minimum Gasteiger partial charge on any atom is -0.278 e. The number of rotatable bonds is 4. The molecule has 0 aliphatic rings. The fourth-order valence-corrected chi connectivity index (χ4v) is 6.67. The Hall–Kier alpha value is -1.22. The first-order valence-electron chi connectivity index (χ1n) is 7.51. The zero-order valence-corrected chi connectivity index (χ0v) is 18.2. The van der Waals surface area contributed by atoms with Gasteiger partial charge in [-0.1, -0.05) is 6.07 Å². The molecule has 25 heavy (non-hydrogen) atoms. The molecule has 8 heteroatoms. The molecule has 0 aliphatic carbocycles. The lowest BCUT2D eigenvalue weighted by Crippen LogP contribution is -2.13. The maximum atomic E-state index is 12.8. The van der Waals surface area contributed by atoms with E-state index in [9.17, 15) is 8.42 Å². The highest BCUT2D eigenvalue weighted by Gasteiger charge is 2.22. The second-order valence-corrected chi connectivity index (χ2v) is 10.7. The average Bonchev–Trinajstić information content (AvgIpc) is 3.06. The van der Waals surface area contributed by atoms with Crippen LogP contribution < -0.4 is 4.72 Å². The van der Waals surface area contributed by atoms with Crippen molar-refractivity contribution in [3.8, 4) is 9.88 Å². The lowest BCUT2D eigenvalue weighted by Gasteiger charge is -2.10. The Balaban J connectivity index is 1.97. The highest BCUT2D eigenvalue weighted by molar-refractivity contribution is 9.10. The van der Waals surface area contributed by atoms with Crippen molar-refractivity contribution < 1.29 is 8.42 Å². The van der Waals surface area contributed by atoms with Crippen molar-refractivity contribution in [3.05, 3.63) is 49.7 Å². The fraction of sp³-hybridized carbons (Fsp3) is 0.235. The predicted octanol–water partition coefficient (Wildman–Crippen LogP) is 5.67. The van der Waals surface area contributed by atoms with Gasteiger partial charge in [-0.3, -0.25) is 4.72 Å². The van der Waals surface area contributed by atoms with Gasteiger partial charge in [0.25, 0.3) is 10.0 Å². The van der Waals surface area contributed by atoms with E-state index in [1.165, 1.54) is 11.3 Å². The van der Waals surface area contributed by atoms with Crippen LogP contribution in [0.25, 0.3) is 9.88 Å². The van der Waals surface area contributed by atoms with E-state index in [0.29, 0.717) is 10.6 Å². The molecule has 0 atom stereocenters. The maximum Gasteiger partial charge on any atom is 0.263 e. The Morgan fingerprint density at radius 2 is 1.76 bits per heavy atom. The van der Waals surface area contributed by atoms with E-state index in [1.54, 1.807) is 23.5 Å². The van der Waals surface area contributed by atoms with Crippen LogP contribution in [0.15, 0.2) is 33.6 Å². The molecule has 0 fully saturated rings. The van der Waals surface area contributed by atoms with Crippen molar-refractivity contribution in [1.82, 2.24) is 4.98 Å². The van der Waals surface area contributed by atoms with Gasteiger partial charge in [-0.05, 0) is 67.4 Å². The largest absolute Gasteiger partial charge is 0.278 e. The zero-order valence-electron chi connectivity index (χ0n) is 14.2. The molecule has 1 N–H and O–H groups in total. The van der Waals surface area contributed by atoms with Crippen LogP contribution >= 0.6 is 38.6 Å². The number of aromatic nitrogens is 1. The molecule has 3 rings (SSSR count). The number of anilines is 1. The number of sulfonamides is 1. The van der Waals surface area contributed by atoms with Crippen molar-refractivity contribution in [3.63, 3.8) is 0 Å². The lowest BCUT2D eigenvalue weighted by atomic mass is 10.2. The Morgan fingerprint density at radius 1 is 1.04 bits per heavy atom. The molecule has 2 heterocycles. The van der Waals surface area contributed by atoms with E-state index in [1.807, 2.05) is 39.8 Å². The fourth-order valence-electron chi connectivity index (χ4n) is 2.32. The zero-order chi connectivity index (χ0) is 18.4. The van der Waals surface area contributed by atoms with Crippen molar-refractivity contribution in [1.29, 1.82) is 0 Å². The normalized spacial score (nSPS) is 11.7. The summed E-state index contributed by atoms with van der Waals surface area (Å²) in [4.78, 5) is 7.60. The second-order valence-electron chi connectivity index (χ2n) is 5.78. The van der Waals surface area contributed by atoms with Gasteiger partial charge >= 0.3 is 0 Å². The van der Waals surface area contributed by atoms with Gasteiger partial charge < -0.3 is 0 Å². The van der Waals surface area contributed by atoms with Crippen LogP contribution in [-0.2, 0) is 10.0 Å². The standard InChI is InChI=1S/C17H17BrN2O2S3/c1-9-5-6-14(13(18)7-9)20-25(21,22)16-8-15(23-12(16)4)17-19-10(2)11(3)24-17/h5-8,20H,1-4H3. The molecule has 4 nitrogen and oxygen atoms in total. The highest BCUT2D eigenvalue weighted by atomic mass is 79.9. The summed E-state index contributed by atoms with van der Waals surface area (Å²) in [6, 6.07) is 7.22. The van der Waals surface area contributed by atoms with Crippen LogP contribution in [0.3, 0.4) is 0 Å². The number of nitrogens with zero attached hydrogens (tertiary/aromatic N) is 1. The molecule has 0 amide bonds. The van der Waals surface area contributed by atoms with Crippen molar-refractivity contribution in [2.24, 2.45) is 0 Å². The van der Waals surface area contributed by atoms with Crippen LogP contribution in [0, 0.1) is 27.7 Å². The van der Waals surface area contributed by atoms with Gasteiger partial charge in [0.2, 0.25) is 0 Å². The molecule has 0 aliphatic heterocycles. The Labute approximate surface area is 164 Å². The van der Waals surface area contributed by atoms with Gasteiger partial charge in [0.05, 0.1) is 16.3 Å². The van der Waals surface area contributed by atoms with E-state index in [0.717, 1.165) is 35.4 Å².